The number of unbranched alkanes of at least 4 members (excludes halogenated alkanes) is 1. The lowest BCUT2D eigenvalue weighted by Gasteiger charge is -2.30. The van der Waals surface area contributed by atoms with Gasteiger partial charge in [0.1, 0.15) is 6.23 Å². The Bertz CT molecular complexity index is 113. The van der Waals surface area contributed by atoms with Crippen molar-refractivity contribution in [3.63, 3.8) is 0 Å². The smallest absolute Gasteiger partial charge is 0.134 e. The molecule has 3 nitrogen and oxygen atoms in total. The van der Waals surface area contributed by atoms with Gasteiger partial charge < -0.3 is 9.47 Å². The SMILES string of the molecule is CCCCN(C)C1COCCO1. The molecule has 0 aromatic carbocycles. The second kappa shape index (κ2) is 5.51. The molecule has 3 heteroatoms. The fourth-order valence-electron chi connectivity index (χ4n) is 1.28. The lowest BCUT2D eigenvalue weighted by atomic mass is 10.3. The molecule has 0 bridgehead atoms. The van der Waals surface area contributed by atoms with Gasteiger partial charge in [-0.3, -0.25) is 4.90 Å². The van der Waals surface area contributed by atoms with Crippen molar-refractivity contribution < 1.29 is 9.47 Å². The summed E-state index contributed by atoms with van der Waals surface area (Å²) in [6.07, 6.45) is 2.65. The minimum absolute atomic E-state index is 0.185. The fourth-order valence-corrected chi connectivity index (χ4v) is 1.28. The average molecular weight is 173 g/mol. The fraction of sp³-hybridized carbons (Fsp3) is 1.00. The molecule has 0 N–H and O–H groups in total. The number of likely N-dealkylation sites (N-methyl/N-ethyl adjacent to an activating group) is 1. The van der Waals surface area contributed by atoms with E-state index in [1.807, 2.05) is 0 Å². The summed E-state index contributed by atoms with van der Waals surface area (Å²) in [5, 5.41) is 0. The van der Waals surface area contributed by atoms with Gasteiger partial charge in [0.15, 0.2) is 0 Å². The van der Waals surface area contributed by atoms with Gasteiger partial charge in [0.25, 0.3) is 0 Å². The van der Waals surface area contributed by atoms with Crippen LogP contribution in [0.15, 0.2) is 0 Å². The lowest BCUT2D eigenvalue weighted by Crippen LogP contribution is -2.42. The molecule has 0 aromatic heterocycles. The zero-order chi connectivity index (χ0) is 8.81. The highest BCUT2D eigenvalue weighted by atomic mass is 16.6. The molecule has 1 unspecified atom stereocenters. The van der Waals surface area contributed by atoms with E-state index in [2.05, 4.69) is 18.9 Å². The van der Waals surface area contributed by atoms with Gasteiger partial charge in [-0.2, -0.15) is 0 Å². The molecular formula is C9H19NO2. The van der Waals surface area contributed by atoms with E-state index in [4.69, 9.17) is 9.47 Å². The summed E-state index contributed by atoms with van der Waals surface area (Å²) in [7, 11) is 2.09. The molecule has 0 radical (unpaired) electrons. The van der Waals surface area contributed by atoms with Crippen LogP contribution in [0.25, 0.3) is 0 Å². The number of nitrogens with zero attached hydrogens (tertiary/aromatic N) is 1. The number of hydrogen-bond acceptors (Lipinski definition) is 3. The number of ether oxygens (including phenoxy) is 2. The molecule has 1 rings (SSSR count). The first kappa shape index (κ1) is 9.96. The van der Waals surface area contributed by atoms with Crippen molar-refractivity contribution in [2.75, 3.05) is 33.4 Å². The van der Waals surface area contributed by atoms with E-state index >= 15 is 0 Å². The largest absolute Gasteiger partial charge is 0.375 e. The maximum absolute atomic E-state index is 5.54. The van der Waals surface area contributed by atoms with Crippen molar-refractivity contribution in [3.05, 3.63) is 0 Å². The van der Waals surface area contributed by atoms with E-state index in [0.717, 1.165) is 26.4 Å². The van der Waals surface area contributed by atoms with Gasteiger partial charge in [0, 0.05) is 6.54 Å². The highest BCUT2D eigenvalue weighted by molar-refractivity contribution is 4.60. The molecule has 1 aliphatic rings. The normalized spacial score (nSPS) is 24.8. The van der Waals surface area contributed by atoms with E-state index in [9.17, 15) is 0 Å². The van der Waals surface area contributed by atoms with Crippen LogP contribution in [0.1, 0.15) is 19.8 Å². The maximum Gasteiger partial charge on any atom is 0.134 e. The zero-order valence-electron chi connectivity index (χ0n) is 8.08. The van der Waals surface area contributed by atoms with Crippen LogP contribution in [0.5, 0.6) is 0 Å². The summed E-state index contributed by atoms with van der Waals surface area (Å²) in [4.78, 5) is 2.22. The summed E-state index contributed by atoms with van der Waals surface area (Å²) in [6.45, 7) is 5.51. The van der Waals surface area contributed by atoms with Crippen LogP contribution in [0, 0.1) is 0 Å². The maximum atomic E-state index is 5.54. The highest BCUT2D eigenvalue weighted by Crippen LogP contribution is 2.05. The van der Waals surface area contributed by atoms with E-state index in [1.54, 1.807) is 0 Å². The third-order valence-corrected chi connectivity index (χ3v) is 2.15. The Labute approximate surface area is 74.6 Å². The van der Waals surface area contributed by atoms with Gasteiger partial charge in [-0.1, -0.05) is 13.3 Å². The van der Waals surface area contributed by atoms with Crippen molar-refractivity contribution >= 4 is 0 Å². The van der Waals surface area contributed by atoms with E-state index in [-0.39, 0.29) is 6.23 Å². The average Bonchev–Trinajstić information content (AvgIpc) is 2.15. The van der Waals surface area contributed by atoms with Crippen molar-refractivity contribution in [1.82, 2.24) is 4.90 Å². The van der Waals surface area contributed by atoms with Gasteiger partial charge in [-0.05, 0) is 13.5 Å². The van der Waals surface area contributed by atoms with Crippen molar-refractivity contribution in [1.29, 1.82) is 0 Å². The van der Waals surface area contributed by atoms with Crippen molar-refractivity contribution in [2.24, 2.45) is 0 Å². The molecule has 0 saturated carbocycles. The standard InChI is InChI=1S/C9H19NO2/c1-3-4-5-10(2)9-8-11-6-7-12-9/h9H,3-8H2,1-2H3. The van der Waals surface area contributed by atoms with Gasteiger partial charge in [0.05, 0.1) is 19.8 Å². The molecule has 1 saturated heterocycles. The molecular weight excluding hydrogens is 154 g/mol. The van der Waals surface area contributed by atoms with Crippen LogP contribution in [-0.2, 0) is 9.47 Å². The number of rotatable bonds is 4. The summed E-state index contributed by atoms with van der Waals surface area (Å²) >= 11 is 0. The Morgan fingerprint density at radius 2 is 2.25 bits per heavy atom. The Morgan fingerprint density at radius 3 is 2.83 bits per heavy atom. The lowest BCUT2D eigenvalue weighted by molar-refractivity contribution is -0.147. The van der Waals surface area contributed by atoms with Crippen LogP contribution in [0.4, 0.5) is 0 Å². The van der Waals surface area contributed by atoms with Gasteiger partial charge in [0.2, 0.25) is 0 Å². The molecule has 72 valence electrons. The molecule has 12 heavy (non-hydrogen) atoms. The minimum Gasteiger partial charge on any atom is -0.375 e. The van der Waals surface area contributed by atoms with Crippen LogP contribution in [-0.4, -0.2) is 44.5 Å². The Balaban J connectivity index is 2.15. The first-order valence-corrected chi connectivity index (χ1v) is 4.74. The van der Waals surface area contributed by atoms with E-state index < -0.39 is 0 Å². The Hall–Kier alpha value is -0.120. The minimum atomic E-state index is 0.185. The quantitative estimate of drug-likeness (QED) is 0.635. The summed E-state index contributed by atoms with van der Waals surface area (Å²) in [5.74, 6) is 0. The van der Waals surface area contributed by atoms with Crippen molar-refractivity contribution in [2.45, 2.75) is 26.0 Å². The second-order valence-corrected chi connectivity index (χ2v) is 3.23. The molecule has 0 spiro atoms. The summed E-state index contributed by atoms with van der Waals surface area (Å²) < 4.78 is 10.9. The molecule has 0 aliphatic carbocycles. The van der Waals surface area contributed by atoms with Crippen LogP contribution in [0.3, 0.4) is 0 Å². The third kappa shape index (κ3) is 3.09. The number of hydrogen-bond donors (Lipinski definition) is 0. The van der Waals surface area contributed by atoms with Gasteiger partial charge >= 0.3 is 0 Å². The van der Waals surface area contributed by atoms with Gasteiger partial charge in [-0.25, -0.2) is 0 Å². The Morgan fingerprint density at radius 1 is 1.42 bits per heavy atom. The first-order valence-electron chi connectivity index (χ1n) is 4.74. The van der Waals surface area contributed by atoms with E-state index in [1.165, 1.54) is 12.8 Å². The summed E-state index contributed by atoms with van der Waals surface area (Å²) in [6, 6.07) is 0. The first-order chi connectivity index (χ1) is 5.84. The van der Waals surface area contributed by atoms with Crippen LogP contribution < -0.4 is 0 Å². The van der Waals surface area contributed by atoms with Crippen LogP contribution >= 0.6 is 0 Å². The molecule has 1 aliphatic heterocycles. The predicted molar refractivity (Wildman–Crippen MR) is 48.1 cm³/mol. The topological polar surface area (TPSA) is 21.7 Å². The summed E-state index contributed by atoms with van der Waals surface area (Å²) in [5.41, 5.74) is 0. The zero-order valence-corrected chi connectivity index (χ0v) is 8.08. The van der Waals surface area contributed by atoms with Gasteiger partial charge in [-0.15, -0.1) is 0 Å². The third-order valence-electron chi connectivity index (χ3n) is 2.15. The molecule has 0 amide bonds. The Kier molecular flexibility index (Phi) is 4.58. The molecule has 1 atom stereocenters. The predicted octanol–water partition coefficient (Wildman–Crippen LogP) is 1.09. The van der Waals surface area contributed by atoms with Crippen LogP contribution in [0.2, 0.25) is 0 Å². The molecule has 1 heterocycles. The molecule has 0 aromatic rings. The second-order valence-electron chi connectivity index (χ2n) is 3.23. The highest BCUT2D eigenvalue weighted by Gasteiger charge is 2.17. The van der Waals surface area contributed by atoms with E-state index in [0.29, 0.717) is 0 Å². The monoisotopic (exact) mass is 173 g/mol. The molecule has 1 fully saturated rings. The van der Waals surface area contributed by atoms with Crippen molar-refractivity contribution in [3.8, 4) is 0 Å².